The lowest BCUT2D eigenvalue weighted by molar-refractivity contribution is -0.128. The molecule has 7 heteroatoms. The molecule has 0 unspecified atom stereocenters. The molecule has 2 aromatic carbocycles. The number of hydrogen-bond donors (Lipinski definition) is 1. The number of benzene rings is 2. The number of methoxy groups -OCH3 is 1. The third kappa shape index (κ3) is 4.95. The van der Waals surface area contributed by atoms with E-state index in [0.29, 0.717) is 22.4 Å². The van der Waals surface area contributed by atoms with Gasteiger partial charge in [0.15, 0.2) is 10.9 Å². The van der Waals surface area contributed by atoms with Crippen molar-refractivity contribution in [3.05, 3.63) is 82.9 Å². The summed E-state index contributed by atoms with van der Waals surface area (Å²) in [7, 11) is 1.53. The standard InChI is InChI=1S/C24H22N2O4S/c1-4-11-26-23(29)19(22(28)25-24(26)31)13-16-7-10-21(30-3)18(12-16)14-20(27)17-8-5-15(2)6-9-17/h4-10,12-13H,1,11,14H2,2-3H3,(H,25,28,31)/b19-13+. The molecule has 2 amide bonds. The fourth-order valence-electron chi connectivity index (χ4n) is 3.20. The first kappa shape index (κ1) is 22.1. The second-order valence-corrected chi connectivity index (χ2v) is 7.45. The smallest absolute Gasteiger partial charge is 0.265 e. The summed E-state index contributed by atoms with van der Waals surface area (Å²) in [4.78, 5) is 39.1. The Hall–Kier alpha value is -3.58. The molecule has 0 atom stereocenters. The van der Waals surface area contributed by atoms with E-state index >= 15 is 0 Å². The molecule has 1 aliphatic rings. The van der Waals surface area contributed by atoms with Crippen LogP contribution in [0.3, 0.4) is 0 Å². The molecule has 1 heterocycles. The van der Waals surface area contributed by atoms with Crippen molar-refractivity contribution in [1.82, 2.24) is 10.2 Å². The summed E-state index contributed by atoms with van der Waals surface area (Å²) in [6.07, 6.45) is 3.13. The predicted octanol–water partition coefficient (Wildman–Crippen LogP) is 3.24. The molecule has 1 fully saturated rings. The molecule has 3 rings (SSSR count). The molecule has 2 aromatic rings. The Morgan fingerprint density at radius 1 is 1.19 bits per heavy atom. The van der Waals surface area contributed by atoms with Crippen LogP contribution in [-0.2, 0) is 16.0 Å². The number of nitrogens with zero attached hydrogens (tertiary/aromatic N) is 1. The van der Waals surface area contributed by atoms with E-state index in [0.717, 1.165) is 5.56 Å². The van der Waals surface area contributed by atoms with E-state index in [9.17, 15) is 14.4 Å². The van der Waals surface area contributed by atoms with Gasteiger partial charge in [-0.05, 0) is 42.9 Å². The lowest BCUT2D eigenvalue weighted by atomic mass is 9.98. The van der Waals surface area contributed by atoms with Gasteiger partial charge in [0.25, 0.3) is 11.8 Å². The van der Waals surface area contributed by atoms with Gasteiger partial charge in [0.1, 0.15) is 11.3 Å². The van der Waals surface area contributed by atoms with Crippen LogP contribution in [0.4, 0.5) is 0 Å². The van der Waals surface area contributed by atoms with Crippen LogP contribution in [0.15, 0.2) is 60.7 Å². The van der Waals surface area contributed by atoms with Crippen molar-refractivity contribution in [1.29, 1.82) is 0 Å². The minimum atomic E-state index is -0.566. The van der Waals surface area contributed by atoms with Crippen LogP contribution in [0.1, 0.15) is 27.0 Å². The van der Waals surface area contributed by atoms with E-state index in [2.05, 4.69) is 11.9 Å². The topological polar surface area (TPSA) is 75.7 Å². The van der Waals surface area contributed by atoms with Crippen molar-refractivity contribution in [3.63, 3.8) is 0 Å². The Morgan fingerprint density at radius 2 is 1.90 bits per heavy atom. The van der Waals surface area contributed by atoms with E-state index in [4.69, 9.17) is 17.0 Å². The number of carbonyl (C=O) groups excluding carboxylic acids is 3. The van der Waals surface area contributed by atoms with Crippen LogP contribution < -0.4 is 10.1 Å². The predicted molar refractivity (Wildman–Crippen MR) is 123 cm³/mol. The van der Waals surface area contributed by atoms with Crippen molar-refractivity contribution in [2.45, 2.75) is 13.3 Å². The fraction of sp³-hybridized carbons (Fsp3) is 0.167. The third-order valence-electron chi connectivity index (χ3n) is 4.84. The molecule has 1 aliphatic heterocycles. The van der Waals surface area contributed by atoms with Crippen molar-refractivity contribution in [2.24, 2.45) is 0 Å². The highest BCUT2D eigenvalue weighted by molar-refractivity contribution is 7.80. The minimum absolute atomic E-state index is 0.0450. The number of ketones is 1. The molecule has 6 nitrogen and oxygen atoms in total. The van der Waals surface area contributed by atoms with Gasteiger partial charge in [0, 0.05) is 24.1 Å². The summed E-state index contributed by atoms with van der Waals surface area (Å²) in [6.45, 7) is 5.76. The van der Waals surface area contributed by atoms with E-state index in [1.54, 1.807) is 30.3 Å². The lowest BCUT2D eigenvalue weighted by Gasteiger charge is -2.27. The van der Waals surface area contributed by atoms with Gasteiger partial charge in [-0.15, -0.1) is 6.58 Å². The molecule has 31 heavy (non-hydrogen) atoms. The average molecular weight is 435 g/mol. The molecule has 0 saturated carbocycles. The summed E-state index contributed by atoms with van der Waals surface area (Å²) >= 11 is 5.06. The molecule has 1 saturated heterocycles. The average Bonchev–Trinajstić information content (AvgIpc) is 2.74. The van der Waals surface area contributed by atoms with E-state index in [1.165, 1.54) is 24.2 Å². The first-order valence-electron chi connectivity index (χ1n) is 9.60. The number of Topliss-reactive ketones (excluding diaryl/α,β-unsaturated/α-hetero) is 1. The molecule has 0 spiro atoms. The molecule has 158 valence electrons. The van der Waals surface area contributed by atoms with Crippen molar-refractivity contribution >= 4 is 41.0 Å². The normalized spacial score (nSPS) is 15.1. The van der Waals surface area contributed by atoms with Crippen LogP contribution in [0.5, 0.6) is 5.75 Å². The van der Waals surface area contributed by atoms with E-state index in [1.807, 2.05) is 19.1 Å². The van der Waals surface area contributed by atoms with E-state index in [-0.39, 0.29) is 29.4 Å². The molecule has 0 aliphatic carbocycles. The van der Waals surface area contributed by atoms with Gasteiger partial charge in [-0.25, -0.2) is 0 Å². The van der Waals surface area contributed by atoms with Crippen LogP contribution in [0.2, 0.25) is 0 Å². The summed E-state index contributed by atoms with van der Waals surface area (Å²) in [5.74, 6) is -0.571. The van der Waals surface area contributed by atoms with Crippen LogP contribution in [0.25, 0.3) is 6.08 Å². The van der Waals surface area contributed by atoms with Gasteiger partial charge in [-0.2, -0.15) is 0 Å². The van der Waals surface area contributed by atoms with Gasteiger partial charge in [-0.3, -0.25) is 24.6 Å². The van der Waals surface area contributed by atoms with Crippen LogP contribution in [0, 0.1) is 6.92 Å². The van der Waals surface area contributed by atoms with Gasteiger partial charge >= 0.3 is 0 Å². The van der Waals surface area contributed by atoms with Gasteiger partial charge in [-0.1, -0.05) is 42.0 Å². The number of amides is 2. The molecule has 0 radical (unpaired) electrons. The second-order valence-electron chi connectivity index (χ2n) is 7.06. The molecule has 0 aromatic heterocycles. The highest BCUT2D eigenvalue weighted by Crippen LogP contribution is 2.24. The quantitative estimate of drug-likeness (QED) is 0.238. The fourth-order valence-corrected chi connectivity index (χ4v) is 3.45. The Balaban J connectivity index is 1.92. The summed E-state index contributed by atoms with van der Waals surface area (Å²) < 4.78 is 5.40. The van der Waals surface area contributed by atoms with Gasteiger partial charge in [0.05, 0.1) is 7.11 Å². The van der Waals surface area contributed by atoms with Crippen LogP contribution >= 0.6 is 12.2 Å². The van der Waals surface area contributed by atoms with E-state index < -0.39 is 11.8 Å². The zero-order chi connectivity index (χ0) is 22.5. The maximum absolute atomic E-state index is 12.7. The van der Waals surface area contributed by atoms with Crippen LogP contribution in [-0.4, -0.2) is 41.3 Å². The molecule has 0 bridgehead atoms. The number of ether oxygens (including phenoxy) is 1. The third-order valence-corrected chi connectivity index (χ3v) is 5.16. The highest BCUT2D eigenvalue weighted by Gasteiger charge is 2.32. The molecular weight excluding hydrogens is 412 g/mol. The summed E-state index contributed by atoms with van der Waals surface area (Å²) in [5, 5.41) is 2.56. The Kier molecular flexibility index (Phi) is 6.77. The van der Waals surface area contributed by atoms with Crippen molar-refractivity contribution in [3.8, 4) is 5.75 Å². The van der Waals surface area contributed by atoms with Gasteiger partial charge < -0.3 is 4.74 Å². The Morgan fingerprint density at radius 3 is 2.55 bits per heavy atom. The number of hydrogen-bond acceptors (Lipinski definition) is 5. The lowest BCUT2D eigenvalue weighted by Crippen LogP contribution is -2.53. The maximum atomic E-state index is 12.7. The number of aryl methyl sites for hydroxylation is 1. The number of carbonyl (C=O) groups is 3. The number of thiocarbonyl (C=S) groups is 1. The number of nitrogens with one attached hydrogen (secondary N) is 1. The SMILES string of the molecule is C=CCN1C(=O)/C(=C/c2ccc(OC)c(CC(=O)c3ccc(C)cc3)c2)C(=O)NC1=S. The Bertz CT molecular complexity index is 1100. The van der Waals surface area contributed by atoms with Gasteiger partial charge in [0.2, 0.25) is 0 Å². The first-order chi connectivity index (χ1) is 14.8. The minimum Gasteiger partial charge on any atom is -0.496 e. The first-order valence-corrected chi connectivity index (χ1v) is 10.0. The molecule has 1 N–H and O–H groups in total. The second kappa shape index (κ2) is 9.49. The number of rotatable bonds is 7. The Labute approximate surface area is 186 Å². The maximum Gasteiger partial charge on any atom is 0.265 e. The summed E-state index contributed by atoms with van der Waals surface area (Å²) in [6, 6.07) is 12.5. The van der Waals surface area contributed by atoms with Crippen molar-refractivity contribution in [2.75, 3.05) is 13.7 Å². The highest BCUT2D eigenvalue weighted by atomic mass is 32.1. The largest absolute Gasteiger partial charge is 0.496 e. The molecular formula is C24H22N2O4S. The zero-order valence-corrected chi connectivity index (χ0v) is 18.1. The monoisotopic (exact) mass is 434 g/mol. The van der Waals surface area contributed by atoms with Crippen molar-refractivity contribution < 1.29 is 19.1 Å². The zero-order valence-electron chi connectivity index (χ0n) is 17.3. The summed E-state index contributed by atoms with van der Waals surface area (Å²) in [5.41, 5.74) is 2.88.